The third kappa shape index (κ3) is 5.62. The number of hydrogen-bond donors (Lipinski definition) is 0. The van der Waals surface area contributed by atoms with Gasteiger partial charge in [-0.1, -0.05) is 152 Å². The zero-order chi connectivity index (χ0) is 37.0. The molecule has 0 unspecified atom stereocenters. The molecule has 0 atom stereocenters. The second kappa shape index (κ2) is 13.5. The first-order chi connectivity index (χ1) is 27.7. The van der Waals surface area contributed by atoms with Crippen LogP contribution in [0, 0.1) is 0 Å². The Labute approximate surface area is 332 Å². The third-order valence-electron chi connectivity index (χ3n) is 10.7. The Morgan fingerprint density at radius 3 is 1.61 bits per heavy atom. The zero-order valence-corrected chi connectivity index (χ0v) is 31.8. The number of thiophene rings is 2. The Morgan fingerprint density at radius 1 is 0.321 bits per heavy atom. The molecule has 0 spiro atoms. The number of nitrogens with zero attached hydrogens (tertiary/aromatic N) is 2. The predicted octanol–water partition coefficient (Wildman–Crippen LogP) is 15.2. The van der Waals surface area contributed by atoms with Crippen LogP contribution in [-0.4, -0.2) is 9.97 Å². The van der Waals surface area contributed by atoms with Crippen molar-refractivity contribution < 1.29 is 0 Å². The van der Waals surface area contributed by atoms with E-state index < -0.39 is 0 Å². The van der Waals surface area contributed by atoms with Crippen LogP contribution in [-0.2, 0) is 0 Å². The SMILES string of the molecule is c1ccc(-c2cc(-c3cccc(-c4nc(-c5ccccc5)c5sc6ccccc6c5n4)c3)c(-c3ccccc3)c(-c3ccc4sc5ccccc5c4c3)c2)cc1. The van der Waals surface area contributed by atoms with E-state index in [1.54, 1.807) is 11.3 Å². The molecule has 0 aliphatic carbocycles. The van der Waals surface area contributed by atoms with Gasteiger partial charge in [0.1, 0.15) is 0 Å². The fourth-order valence-corrected chi connectivity index (χ4v) is 10.3. The third-order valence-corrected chi connectivity index (χ3v) is 13.0. The monoisotopic (exact) mass is 748 g/mol. The summed E-state index contributed by atoms with van der Waals surface area (Å²) in [6.07, 6.45) is 0. The molecule has 3 aromatic heterocycles. The summed E-state index contributed by atoms with van der Waals surface area (Å²) in [5.41, 5.74) is 13.4. The molecule has 0 aliphatic heterocycles. The number of benzene rings is 8. The second-order valence-corrected chi connectivity index (χ2v) is 16.2. The van der Waals surface area contributed by atoms with Crippen molar-refractivity contribution in [3.63, 3.8) is 0 Å². The Balaban J connectivity index is 1.17. The fourth-order valence-electron chi connectivity index (χ4n) is 8.04. The van der Waals surface area contributed by atoms with E-state index in [0.717, 1.165) is 49.4 Å². The summed E-state index contributed by atoms with van der Waals surface area (Å²) in [5.74, 6) is 0.720. The molecular weight excluding hydrogens is 717 g/mol. The van der Waals surface area contributed by atoms with Crippen LogP contribution in [0.15, 0.2) is 194 Å². The molecule has 0 aliphatic rings. The maximum absolute atomic E-state index is 5.33. The van der Waals surface area contributed by atoms with E-state index >= 15 is 0 Å². The molecule has 0 fully saturated rings. The van der Waals surface area contributed by atoms with Crippen LogP contribution in [0.1, 0.15) is 0 Å². The number of rotatable bonds is 6. The van der Waals surface area contributed by atoms with E-state index in [4.69, 9.17) is 9.97 Å². The number of aromatic nitrogens is 2. The largest absolute Gasteiger partial charge is 0.226 e. The first-order valence-electron chi connectivity index (χ1n) is 18.8. The van der Waals surface area contributed by atoms with Crippen LogP contribution < -0.4 is 0 Å². The molecule has 3 heterocycles. The van der Waals surface area contributed by atoms with E-state index in [0.29, 0.717) is 0 Å². The molecule has 262 valence electrons. The molecule has 0 radical (unpaired) electrons. The highest BCUT2D eigenvalue weighted by molar-refractivity contribution is 7.26. The summed E-state index contributed by atoms with van der Waals surface area (Å²) in [7, 11) is 0. The van der Waals surface area contributed by atoms with Gasteiger partial charge in [-0.05, 0) is 87.0 Å². The van der Waals surface area contributed by atoms with Crippen LogP contribution in [0.2, 0.25) is 0 Å². The van der Waals surface area contributed by atoms with Gasteiger partial charge in [-0.2, -0.15) is 0 Å². The van der Waals surface area contributed by atoms with Gasteiger partial charge >= 0.3 is 0 Å². The standard InChI is InChI=1S/C52H32N2S2/c1-4-15-33(16-5-1)39-31-42(48(34-17-6-2-7-18-34)43(32-39)37-27-28-47-44(30-37)40-23-10-12-25-45(40)55-47)36-21-14-22-38(29-36)52-53-49(35-19-8-3-9-20-35)51-50(54-52)41-24-11-13-26-46(41)56-51/h1-32H. The minimum Gasteiger partial charge on any atom is -0.226 e. The highest BCUT2D eigenvalue weighted by Crippen LogP contribution is 2.46. The predicted molar refractivity (Wildman–Crippen MR) is 240 cm³/mol. The Bertz CT molecular complexity index is 3240. The summed E-state index contributed by atoms with van der Waals surface area (Å²) >= 11 is 3.62. The summed E-state index contributed by atoms with van der Waals surface area (Å²) in [6, 6.07) is 69.9. The van der Waals surface area contributed by atoms with Crippen LogP contribution in [0.25, 0.3) is 108 Å². The van der Waals surface area contributed by atoms with E-state index in [1.165, 1.54) is 58.3 Å². The van der Waals surface area contributed by atoms with Crippen molar-refractivity contribution in [2.75, 3.05) is 0 Å². The Kier molecular flexibility index (Phi) is 7.90. The van der Waals surface area contributed by atoms with Gasteiger partial charge in [0.2, 0.25) is 0 Å². The molecule has 11 rings (SSSR count). The van der Waals surface area contributed by atoms with Gasteiger partial charge in [0, 0.05) is 41.4 Å². The van der Waals surface area contributed by atoms with Gasteiger partial charge in [0.25, 0.3) is 0 Å². The maximum Gasteiger partial charge on any atom is 0.160 e. The number of fused-ring (bicyclic) bond motifs is 6. The van der Waals surface area contributed by atoms with Gasteiger partial charge in [0.15, 0.2) is 5.82 Å². The average molecular weight is 749 g/mol. The summed E-state index contributed by atoms with van der Waals surface area (Å²) in [4.78, 5) is 10.6. The number of hydrogen-bond acceptors (Lipinski definition) is 4. The van der Waals surface area contributed by atoms with E-state index in [-0.39, 0.29) is 0 Å². The maximum atomic E-state index is 5.33. The van der Waals surface area contributed by atoms with Crippen molar-refractivity contribution in [2.24, 2.45) is 0 Å². The molecule has 56 heavy (non-hydrogen) atoms. The van der Waals surface area contributed by atoms with E-state index in [2.05, 4.69) is 194 Å². The Morgan fingerprint density at radius 2 is 0.875 bits per heavy atom. The fraction of sp³-hybridized carbons (Fsp3) is 0. The van der Waals surface area contributed by atoms with Crippen molar-refractivity contribution in [3.05, 3.63) is 194 Å². The molecule has 8 aromatic carbocycles. The molecule has 0 saturated carbocycles. The highest BCUT2D eigenvalue weighted by Gasteiger charge is 2.20. The van der Waals surface area contributed by atoms with E-state index in [9.17, 15) is 0 Å². The molecule has 11 aromatic rings. The molecule has 0 saturated heterocycles. The molecule has 2 nitrogen and oxygen atoms in total. The van der Waals surface area contributed by atoms with Crippen LogP contribution in [0.5, 0.6) is 0 Å². The molecule has 0 amide bonds. The average Bonchev–Trinajstić information content (AvgIpc) is 3.85. The lowest BCUT2D eigenvalue weighted by atomic mass is 9.84. The van der Waals surface area contributed by atoms with Crippen molar-refractivity contribution >= 4 is 63.1 Å². The molecule has 0 bridgehead atoms. The Hall–Kier alpha value is -6.72. The quantitative estimate of drug-likeness (QED) is 0.169. The lowest BCUT2D eigenvalue weighted by Crippen LogP contribution is -1.95. The van der Waals surface area contributed by atoms with Crippen molar-refractivity contribution in [3.8, 4) is 67.2 Å². The molecule has 0 N–H and O–H groups in total. The van der Waals surface area contributed by atoms with Crippen LogP contribution in [0.3, 0.4) is 0 Å². The summed E-state index contributed by atoms with van der Waals surface area (Å²) in [5, 5.41) is 3.75. The van der Waals surface area contributed by atoms with E-state index in [1.807, 2.05) is 11.3 Å². The lowest BCUT2D eigenvalue weighted by Gasteiger charge is -2.20. The van der Waals surface area contributed by atoms with Crippen molar-refractivity contribution in [1.82, 2.24) is 9.97 Å². The molecular formula is C52H32N2S2. The van der Waals surface area contributed by atoms with Gasteiger partial charge in [-0.25, -0.2) is 9.97 Å². The van der Waals surface area contributed by atoms with Gasteiger partial charge in [0.05, 0.1) is 15.9 Å². The van der Waals surface area contributed by atoms with Crippen molar-refractivity contribution in [2.45, 2.75) is 0 Å². The minimum atomic E-state index is 0.720. The lowest BCUT2D eigenvalue weighted by molar-refractivity contribution is 1.24. The zero-order valence-electron chi connectivity index (χ0n) is 30.2. The minimum absolute atomic E-state index is 0.720. The van der Waals surface area contributed by atoms with Crippen molar-refractivity contribution in [1.29, 1.82) is 0 Å². The van der Waals surface area contributed by atoms with Gasteiger partial charge < -0.3 is 0 Å². The summed E-state index contributed by atoms with van der Waals surface area (Å²) in [6.45, 7) is 0. The first kappa shape index (κ1) is 32.7. The van der Waals surface area contributed by atoms with Gasteiger partial charge in [-0.15, -0.1) is 22.7 Å². The van der Waals surface area contributed by atoms with Crippen LogP contribution in [0.4, 0.5) is 0 Å². The first-order valence-corrected chi connectivity index (χ1v) is 20.4. The second-order valence-electron chi connectivity index (χ2n) is 14.1. The smallest absolute Gasteiger partial charge is 0.160 e. The van der Waals surface area contributed by atoms with Gasteiger partial charge in [-0.3, -0.25) is 0 Å². The highest BCUT2D eigenvalue weighted by atomic mass is 32.1. The summed E-state index contributed by atoms with van der Waals surface area (Å²) < 4.78 is 4.93. The van der Waals surface area contributed by atoms with Crippen LogP contribution >= 0.6 is 22.7 Å². The topological polar surface area (TPSA) is 25.8 Å². The molecule has 4 heteroatoms. The normalized spacial score (nSPS) is 11.6.